The molecule has 1 aliphatic rings. The zero-order valence-corrected chi connectivity index (χ0v) is 11.0. The molecule has 0 amide bonds. The van der Waals surface area contributed by atoms with Crippen LogP contribution < -0.4 is 10.5 Å². The van der Waals surface area contributed by atoms with E-state index in [9.17, 15) is 8.42 Å². The first kappa shape index (κ1) is 13.3. The van der Waals surface area contributed by atoms with Gasteiger partial charge in [0.1, 0.15) is 4.90 Å². The maximum absolute atomic E-state index is 12.1. The number of nitrogen functional groups attached to an aromatic ring is 1. The van der Waals surface area contributed by atoms with E-state index in [0.717, 1.165) is 6.42 Å². The zero-order chi connectivity index (χ0) is 13.2. The number of anilines is 1. The van der Waals surface area contributed by atoms with Gasteiger partial charge < -0.3 is 10.5 Å². The van der Waals surface area contributed by atoms with Gasteiger partial charge in [-0.05, 0) is 19.4 Å². The molecule has 1 aromatic rings. The smallest absolute Gasteiger partial charge is 0.244 e. The van der Waals surface area contributed by atoms with Crippen molar-refractivity contribution in [3.8, 4) is 0 Å². The minimum atomic E-state index is -3.62. The molecule has 6 nitrogen and oxygen atoms in total. The average molecular weight is 271 g/mol. The van der Waals surface area contributed by atoms with Gasteiger partial charge in [0.15, 0.2) is 0 Å². The van der Waals surface area contributed by atoms with Crippen LogP contribution in [0.25, 0.3) is 0 Å². The summed E-state index contributed by atoms with van der Waals surface area (Å²) >= 11 is 0. The predicted molar refractivity (Wildman–Crippen MR) is 67.4 cm³/mol. The van der Waals surface area contributed by atoms with E-state index in [-0.39, 0.29) is 22.5 Å². The van der Waals surface area contributed by atoms with Gasteiger partial charge >= 0.3 is 0 Å². The largest absolute Gasteiger partial charge is 0.398 e. The van der Waals surface area contributed by atoms with E-state index in [1.807, 2.05) is 6.92 Å². The van der Waals surface area contributed by atoms with E-state index in [2.05, 4.69) is 9.71 Å². The van der Waals surface area contributed by atoms with E-state index in [4.69, 9.17) is 10.5 Å². The molecule has 0 bridgehead atoms. The number of rotatable bonds is 4. The van der Waals surface area contributed by atoms with Crippen LogP contribution in [0.4, 0.5) is 5.69 Å². The number of aromatic nitrogens is 1. The molecule has 1 fully saturated rings. The first-order valence-corrected chi connectivity index (χ1v) is 7.28. The number of hydrogen-bond acceptors (Lipinski definition) is 5. The molecule has 100 valence electrons. The van der Waals surface area contributed by atoms with Gasteiger partial charge in [-0.2, -0.15) is 0 Å². The van der Waals surface area contributed by atoms with Crippen LogP contribution in [0.1, 0.15) is 13.3 Å². The fraction of sp³-hybridized carbons (Fsp3) is 0.545. The van der Waals surface area contributed by atoms with Crippen molar-refractivity contribution in [3.63, 3.8) is 0 Å². The first-order chi connectivity index (χ1) is 8.50. The summed E-state index contributed by atoms with van der Waals surface area (Å²) in [5, 5.41) is 0. The van der Waals surface area contributed by atoms with Gasteiger partial charge in [0.25, 0.3) is 0 Å². The summed E-state index contributed by atoms with van der Waals surface area (Å²) in [7, 11) is -3.62. The Morgan fingerprint density at radius 2 is 2.39 bits per heavy atom. The van der Waals surface area contributed by atoms with Crippen LogP contribution in [0.2, 0.25) is 0 Å². The van der Waals surface area contributed by atoms with E-state index < -0.39 is 10.0 Å². The molecule has 0 saturated carbocycles. The minimum absolute atomic E-state index is 0.0239. The van der Waals surface area contributed by atoms with Crippen LogP contribution in [0.5, 0.6) is 0 Å². The fourth-order valence-corrected chi connectivity index (χ4v) is 3.35. The van der Waals surface area contributed by atoms with Crippen LogP contribution in [0.15, 0.2) is 23.4 Å². The average Bonchev–Trinajstić information content (AvgIpc) is 2.82. The van der Waals surface area contributed by atoms with Crippen molar-refractivity contribution in [2.45, 2.75) is 24.3 Å². The summed E-state index contributed by atoms with van der Waals surface area (Å²) in [4.78, 5) is 3.82. The fourth-order valence-electron chi connectivity index (χ4n) is 1.97. The van der Waals surface area contributed by atoms with E-state index >= 15 is 0 Å². The summed E-state index contributed by atoms with van der Waals surface area (Å²) in [6, 6.07) is 1.29. The lowest BCUT2D eigenvalue weighted by Crippen LogP contribution is -2.38. The van der Waals surface area contributed by atoms with Crippen molar-refractivity contribution in [1.82, 2.24) is 9.71 Å². The third-order valence-electron chi connectivity index (χ3n) is 3.12. The second kappa shape index (κ2) is 5.21. The summed E-state index contributed by atoms with van der Waals surface area (Å²) < 4.78 is 32.2. The lowest BCUT2D eigenvalue weighted by Gasteiger charge is -2.19. The quantitative estimate of drug-likeness (QED) is 0.825. The SMILES string of the molecule is CC(NS(=O)(=O)c1cnccc1N)C1CCOC1. The highest BCUT2D eigenvalue weighted by atomic mass is 32.2. The Bertz CT molecular complexity index is 512. The number of hydrogen-bond donors (Lipinski definition) is 2. The van der Waals surface area contributed by atoms with Crippen molar-refractivity contribution in [1.29, 1.82) is 0 Å². The van der Waals surface area contributed by atoms with Gasteiger partial charge in [-0.3, -0.25) is 4.98 Å². The van der Waals surface area contributed by atoms with Crippen LogP contribution >= 0.6 is 0 Å². The molecule has 3 N–H and O–H groups in total. The molecule has 1 saturated heterocycles. The Hall–Kier alpha value is -1.18. The standard InChI is InChI=1S/C11H17N3O3S/c1-8(9-3-5-17-7-9)14-18(15,16)11-6-13-4-2-10(11)12/h2,4,6,8-9,14H,3,5,7H2,1H3,(H2,12,13). The number of nitrogens with zero attached hydrogens (tertiary/aromatic N) is 1. The molecule has 7 heteroatoms. The second-order valence-corrected chi connectivity index (χ2v) is 6.13. The van der Waals surface area contributed by atoms with Gasteiger partial charge in [0.05, 0.1) is 12.3 Å². The molecule has 0 radical (unpaired) electrons. The lowest BCUT2D eigenvalue weighted by atomic mass is 10.0. The third-order valence-corrected chi connectivity index (χ3v) is 4.72. The maximum atomic E-state index is 12.1. The van der Waals surface area contributed by atoms with Gasteiger partial charge in [-0.1, -0.05) is 0 Å². The van der Waals surface area contributed by atoms with Crippen LogP contribution in [0.3, 0.4) is 0 Å². The molecule has 18 heavy (non-hydrogen) atoms. The molecule has 1 aliphatic heterocycles. The molecule has 2 heterocycles. The summed E-state index contributed by atoms with van der Waals surface area (Å²) in [6.07, 6.45) is 3.59. The number of ether oxygens (including phenoxy) is 1. The number of nitrogens with two attached hydrogens (primary N) is 1. The number of nitrogens with one attached hydrogen (secondary N) is 1. The van der Waals surface area contributed by atoms with Gasteiger partial charge in [0, 0.05) is 31.0 Å². The third kappa shape index (κ3) is 2.80. The van der Waals surface area contributed by atoms with E-state index in [1.165, 1.54) is 18.5 Å². The highest BCUT2D eigenvalue weighted by Gasteiger charge is 2.27. The van der Waals surface area contributed by atoms with Gasteiger partial charge in [-0.15, -0.1) is 0 Å². The van der Waals surface area contributed by atoms with Gasteiger partial charge in [-0.25, -0.2) is 13.1 Å². The molecule has 2 unspecified atom stereocenters. The lowest BCUT2D eigenvalue weighted by molar-refractivity contribution is 0.180. The number of sulfonamides is 1. The summed E-state index contributed by atoms with van der Waals surface area (Å²) in [5.74, 6) is 0.206. The normalized spacial score (nSPS) is 21.9. The molecular formula is C11H17N3O3S. The molecule has 2 rings (SSSR count). The van der Waals surface area contributed by atoms with Crippen molar-refractivity contribution in [2.24, 2.45) is 5.92 Å². The van der Waals surface area contributed by atoms with Crippen LogP contribution in [0, 0.1) is 5.92 Å². The van der Waals surface area contributed by atoms with Crippen molar-refractivity contribution in [3.05, 3.63) is 18.5 Å². The predicted octanol–water partition coefficient (Wildman–Crippen LogP) is 0.367. The Morgan fingerprint density at radius 1 is 1.61 bits per heavy atom. The summed E-state index contributed by atoms with van der Waals surface area (Å²) in [5.41, 5.74) is 5.85. The first-order valence-electron chi connectivity index (χ1n) is 5.80. The van der Waals surface area contributed by atoms with Gasteiger partial charge in [0.2, 0.25) is 10.0 Å². The highest BCUT2D eigenvalue weighted by molar-refractivity contribution is 7.89. The van der Waals surface area contributed by atoms with Crippen molar-refractivity contribution < 1.29 is 13.2 Å². The monoisotopic (exact) mass is 271 g/mol. The second-order valence-electron chi connectivity index (χ2n) is 4.45. The van der Waals surface area contributed by atoms with Crippen molar-refractivity contribution >= 4 is 15.7 Å². The Balaban J connectivity index is 2.14. The molecule has 2 atom stereocenters. The summed E-state index contributed by atoms with van der Waals surface area (Å²) in [6.45, 7) is 3.11. The molecular weight excluding hydrogens is 254 g/mol. The van der Waals surface area contributed by atoms with E-state index in [1.54, 1.807) is 0 Å². The zero-order valence-electron chi connectivity index (χ0n) is 10.2. The van der Waals surface area contributed by atoms with Crippen LogP contribution in [-0.2, 0) is 14.8 Å². The molecule has 0 aliphatic carbocycles. The van der Waals surface area contributed by atoms with Crippen LogP contribution in [-0.4, -0.2) is 32.7 Å². The number of pyridine rings is 1. The molecule has 1 aromatic heterocycles. The minimum Gasteiger partial charge on any atom is -0.398 e. The topological polar surface area (TPSA) is 94.3 Å². The Kier molecular flexibility index (Phi) is 3.84. The van der Waals surface area contributed by atoms with E-state index in [0.29, 0.717) is 13.2 Å². The Labute approximate surface area is 107 Å². The highest BCUT2D eigenvalue weighted by Crippen LogP contribution is 2.20. The molecule has 0 spiro atoms. The van der Waals surface area contributed by atoms with Crippen molar-refractivity contribution in [2.75, 3.05) is 18.9 Å². The maximum Gasteiger partial charge on any atom is 0.244 e. The Morgan fingerprint density at radius 3 is 3.00 bits per heavy atom. The molecule has 0 aromatic carbocycles.